The minimum atomic E-state index is -0.813. The van der Waals surface area contributed by atoms with Crippen molar-refractivity contribution in [3.63, 3.8) is 0 Å². The molecule has 3 aromatic rings. The number of fused-ring (bicyclic) bond motifs is 1. The average molecular weight is 522 g/mol. The number of ether oxygens (including phenoxy) is 1. The Labute approximate surface area is 212 Å². The van der Waals surface area contributed by atoms with Crippen molar-refractivity contribution in [1.82, 2.24) is 14.9 Å². The smallest absolute Gasteiger partial charge is 0.308 e. The van der Waals surface area contributed by atoms with Crippen molar-refractivity contribution in [2.24, 2.45) is 11.8 Å². The zero-order valence-electron chi connectivity index (χ0n) is 18.9. The first-order chi connectivity index (χ1) is 16.5. The zero-order chi connectivity index (χ0) is 24.1. The predicted molar refractivity (Wildman–Crippen MR) is 136 cm³/mol. The molecule has 4 rings (SSSR count). The number of halogens is 1. The number of methoxy groups -OCH3 is 1. The third-order valence-electron chi connectivity index (χ3n) is 6.41. The number of carbonyl (C=O) groups is 1. The molecule has 0 aliphatic carbocycles. The summed E-state index contributed by atoms with van der Waals surface area (Å²) in [4.78, 5) is 22.9. The summed E-state index contributed by atoms with van der Waals surface area (Å²) in [6, 6.07) is 5.48. The second-order valence-electron chi connectivity index (χ2n) is 8.44. The standard InChI is InChI=1S/C24H28ClN3O4S2/c1-32-16-3-4-20-17(12-16)22(19(25)13-27-20)21(29)5-2-15-6-8-28(14-18(15)23(30)31)9-11-34-24-26-7-10-33-24/h3-4,7,10,12-13,15,18,21,29H,2,5-6,8-9,11,14H2,1H3,(H,30,31)/t15-,18+,21-/m0/s1. The fraction of sp³-hybridized carbons (Fsp3) is 0.458. The Balaban J connectivity index is 1.38. The number of aliphatic carboxylic acids is 1. The fourth-order valence-electron chi connectivity index (χ4n) is 4.59. The van der Waals surface area contributed by atoms with Crippen molar-refractivity contribution in [2.75, 3.05) is 32.5 Å². The number of piperidine rings is 1. The van der Waals surface area contributed by atoms with Gasteiger partial charge in [-0.2, -0.15) is 0 Å². The number of aromatic nitrogens is 2. The van der Waals surface area contributed by atoms with Gasteiger partial charge in [0.2, 0.25) is 0 Å². The van der Waals surface area contributed by atoms with Crippen LogP contribution in [-0.4, -0.2) is 63.5 Å². The summed E-state index contributed by atoms with van der Waals surface area (Å²) >= 11 is 9.76. The number of pyridine rings is 1. The van der Waals surface area contributed by atoms with Crippen LogP contribution in [0, 0.1) is 11.8 Å². The van der Waals surface area contributed by atoms with Crippen molar-refractivity contribution in [3.05, 3.63) is 46.6 Å². The normalized spacial score (nSPS) is 19.9. The number of aliphatic hydroxyl groups excluding tert-OH is 1. The summed E-state index contributed by atoms with van der Waals surface area (Å²) in [5.74, 6) is 0.345. The van der Waals surface area contributed by atoms with E-state index in [1.807, 2.05) is 23.6 Å². The monoisotopic (exact) mass is 521 g/mol. The van der Waals surface area contributed by atoms with Gasteiger partial charge in [-0.3, -0.25) is 9.78 Å². The van der Waals surface area contributed by atoms with Gasteiger partial charge in [0.15, 0.2) is 0 Å². The zero-order valence-corrected chi connectivity index (χ0v) is 21.3. The van der Waals surface area contributed by atoms with Gasteiger partial charge in [-0.1, -0.05) is 23.4 Å². The summed E-state index contributed by atoms with van der Waals surface area (Å²) in [7, 11) is 1.59. The maximum atomic E-state index is 12.0. The number of hydrogen-bond acceptors (Lipinski definition) is 8. The van der Waals surface area contributed by atoms with Crippen molar-refractivity contribution >= 4 is 51.6 Å². The largest absolute Gasteiger partial charge is 0.497 e. The van der Waals surface area contributed by atoms with Crippen molar-refractivity contribution in [3.8, 4) is 5.75 Å². The summed E-state index contributed by atoms with van der Waals surface area (Å²) < 4.78 is 6.36. The van der Waals surface area contributed by atoms with Gasteiger partial charge in [0.1, 0.15) is 10.1 Å². The minimum Gasteiger partial charge on any atom is -0.497 e. The molecule has 34 heavy (non-hydrogen) atoms. The van der Waals surface area contributed by atoms with Gasteiger partial charge in [-0.25, -0.2) is 4.98 Å². The van der Waals surface area contributed by atoms with Crippen LogP contribution in [0.15, 0.2) is 40.3 Å². The Kier molecular flexibility index (Phi) is 8.65. The molecular weight excluding hydrogens is 494 g/mol. The van der Waals surface area contributed by atoms with E-state index in [0.717, 1.165) is 40.5 Å². The summed E-state index contributed by atoms with van der Waals surface area (Å²) in [5.41, 5.74) is 1.35. The molecule has 0 radical (unpaired) electrons. The molecule has 0 amide bonds. The number of thiazole rings is 1. The van der Waals surface area contributed by atoms with E-state index in [9.17, 15) is 15.0 Å². The Bertz CT molecular complexity index is 1120. The highest BCUT2D eigenvalue weighted by atomic mass is 35.5. The Morgan fingerprint density at radius 2 is 2.26 bits per heavy atom. The van der Waals surface area contributed by atoms with E-state index in [-0.39, 0.29) is 5.92 Å². The van der Waals surface area contributed by atoms with Crippen LogP contribution < -0.4 is 4.74 Å². The average Bonchev–Trinajstić information content (AvgIpc) is 3.36. The van der Waals surface area contributed by atoms with Gasteiger partial charge in [-0.05, 0) is 49.9 Å². The van der Waals surface area contributed by atoms with E-state index in [0.29, 0.717) is 35.7 Å². The number of aliphatic hydroxyl groups is 1. The maximum Gasteiger partial charge on any atom is 0.308 e. The molecule has 1 aliphatic heterocycles. The number of rotatable bonds is 10. The third-order valence-corrected chi connectivity index (χ3v) is 8.66. The Hall–Kier alpha value is -1.91. The van der Waals surface area contributed by atoms with Gasteiger partial charge in [0.05, 0.1) is 29.7 Å². The number of hydrogen-bond donors (Lipinski definition) is 2. The van der Waals surface area contributed by atoms with Gasteiger partial charge >= 0.3 is 5.97 Å². The van der Waals surface area contributed by atoms with E-state index < -0.39 is 18.0 Å². The van der Waals surface area contributed by atoms with Gasteiger partial charge < -0.3 is 19.8 Å². The lowest BCUT2D eigenvalue weighted by Gasteiger charge is -2.36. The Morgan fingerprint density at radius 1 is 1.41 bits per heavy atom. The van der Waals surface area contributed by atoms with Crippen LogP contribution in [0.2, 0.25) is 5.02 Å². The summed E-state index contributed by atoms with van der Waals surface area (Å²) in [6.45, 7) is 2.23. The van der Waals surface area contributed by atoms with Crippen LogP contribution in [0.1, 0.15) is 30.9 Å². The van der Waals surface area contributed by atoms with Crippen molar-refractivity contribution in [1.29, 1.82) is 0 Å². The lowest BCUT2D eigenvalue weighted by molar-refractivity contribution is -0.146. The van der Waals surface area contributed by atoms with Crippen molar-refractivity contribution in [2.45, 2.75) is 29.7 Å². The predicted octanol–water partition coefficient (Wildman–Crippen LogP) is 4.98. The molecule has 0 bridgehead atoms. The van der Waals surface area contributed by atoms with Gasteiger partial charge in [0.25, 0.3) is 0 Å². The highest BCUT2D eigenvalue weighted by molar-refractivity contribution is 8.01. The van der Waals surface area contributed by atoms with Gasteiger partial charge in [-0.15, -0.1) is 11.3 Å². The lowest BCUT2D eigenvalue weighted by atomic mass is 9.81. The highest BCUT2D eigenvalue weighted by Crippen LogP contribution is 2.37. The topological polar surface area (TPSA) is 95.8 Å². The van der Waals surface area contributed by atoms with Crippen LogP contribution in [0.3, 0.4) is 0 Å². The number of benzene rings is 1. The van der Waals surface area contributed by atoms with Gasteiger partial charge in [0, 0.05) is 47.6 Å². The lowest BCUT2D eigenvalue weighted by Crippen LogP contribution is -2.44. The molecule has 3 atom stereocenters. The molecule has 0 spiro atoms. The molecule has 1 aromatic carbocycles. The SMILES string of the molecule is COc1ccc2ncc(Cl)c([C@@H](O)CC[C@H]3CCN(CCSc4nccs4)C[C@H]3C(=O)O)c2c1. The second kappa shape index (κ2) is 11.7. The fourth-order valence-corrected chi connectivity index (χ4v) is 6.57. The van der Waals surface area contributed by atoms with Crippen LogP contribution >= 0.6 is 34.7 Å². The van der Waals surface area contributed by atoms with Crippen LogP contribution in [0.4, 0.5) is 0 Å². The number of carboxylic acid groups (broad SMARTS) is 1. The maximum absolute atomic E-state index is 12.0. The van der Waals surface area contributed by atoms with E-state index >= 15 is 0 Å². The molecule has 7 nitrogen and oxygen atoms in total. The van der Waals surface area contributed by atoms with Crippen LogP contribution in [0.5, 0.6) is 5.75 Å². The number of nitrogens with zero attached hydrogens (tertiary/aromatic N) is 3. The van der Waals surface area contributed by atoms with E-state index in [4.69, 9.17) is 16.3 Å². The molecule has 10 heteroatoms. The van der Waals surface area contributed by atoms with Crippen LogP contribution in [0.25, 0.3) is 10.9 Å². The summed E-state index contributed by atoms with van der Waals surface area (Å²) in [6.07, 6.45) is 4.38. The number of likely N-dealkylation sites (tertiary alicyclic amines) is 1. The minimum absolute atomic E-state index is 0.0106. The molecular formula is C24H28ClN3O4S2. The van der Waals surface area contributed by atoms with E-state index in [1.165, 1.54) is 0 Å². The second-order valence-corrected chi connectivity index (χ2v) is 11.1. The first-order valence-electron chi connectivity index (χ1n) is 11.2. The van der Waals surface area contributed by atoms with Crippen LogP contribution in [-0.2, 0) is 4.79 Å². The first-order valence-corrected chi connectivity index (χ1v) is 13.5. The molecule has 0 saturated carbocycles. The summed E-state index contributed by atoms with van der Waals surface area (Å²) in [5, 5.41) is 24.0. The number of carboxylic acids is 1. The molecule has 3 heterocycles. The molecule has 0 unspecified atom stereocenters. The molecule has 182 valence electrons. The number of thioether (sulfide) groups is 1. The quantitative estimate of drug-likeness (QED) is 0.360. The highest BCUT2D eigenvalue weighted by Gasteiger charge is 2.34. The molecule has 2 aromatic heterocycles. The van der Waals surface area contributed by atoms with E-state index in [1.54, 1.807) is 42.6 Å². The first kappa shape index (κ1) is 25.2. The molecule has 1 saturated heterocycles. The molecule has 1 aliphatic rings. The Morgan fingerprint density at radius 3 is 3.00 bits per heavy atom. The molecule has 2 N–H and O–H groups in total. The molecule has 1 fully saturated rings. The van der Waals surface area contributed by atoms with Crippen molar-refractivity contribution < 1.29 is 19.7 Å². The van der Waals surface area contributed by atoms with E-state index in [2.05, 4.69) is 14.9 Å². The third kappa shape index (κ3) is 6.01.